The van der Waals surface area contributed by atoms with Gasteiger partial charge in [-0.1, -0.05) is 39.5 Å². The van der Waals surface area contributed by atoms with Crippen molar-refractivity contribution in [3.63, 3.8) is 0 Å². The average Bonchev–Trinajstić information content (AvgIpc) is 2.78. The number of aryl methyl sites for hydroxylation is 1. The summed E-state index contributed by atoms with van der Waals surface area (Å²) in [6.07, 6.45) is 0. The summed E-state index contributed by atoms with van der Waals surface area (Å²) in [6, 6.07) is 5.89. The molecule has 1 aromatic carbocycles. The van der Waals surface area contributed by atoms with Gasteiger partial charge in [-0.15, -0.1) is 0 Å². The van der Waals surface area contributed by atoms with E-state index in [1.54, 1.807) is 0 Å². The van der Waals surface area contributed by atoms with Crippen LogP contribution in [0.3, 0.4) is 0 Å². The van der Waals surface area contributed by atoms with E-state index in [2.05, 4.69) is 44.9 Å². The lowest BCUT2D eigenvalue weighted by Crippen LogP contribution is -2.29. The van der Waals surface area contributed by atoms with E-state index in [1.807, 2.05) is 25.1 Å². The maximum absolute atomic E-state index is 12.5. The molecule has 1 aliphatic rings. The molecule has 0 bridgehead atoms. The van der Waals surface area contributed by atoms with Crippen molar-refractivity contribution in [2.24, 2.45) is 16.6 Å². The quantitative estimate of drug-likeness (QED) is 0.820. The van der Waals surface area contributed by atoms with Crippen LogP contribution in [-0.4, -0.2) is 18.5 Å². The molecule has 0 saturated heterocycles. The van der Waals surface area contributed by atoms with Crippen molar-refractivity contribution >= 4 is 5.91 Å². The zero-order chi connectivity index (χ0) is 15.8. The molecule has 21 heavy (non-hydrogen) atoms. The molecule has 0 aromatic heterocycles. The molecule has 1 saturated carbocycles. The molecule has 1 amide bonds. The third-order valence-corrected chi connectivity index (χ3v) is 4.97. The van der Waals surface area contributed by atoms with Gasteiger partial charge in [0.2, 0.25) is 0 Å². The molecular formula is C18H24N2O. The number of hydrogen-bond donors (Lipinski definition) is 2. The van der Waals surface area contributed by atoms with Gasteiger partial charge in [-0.25, -0.2) is 0 Å². The number of nitrogens with two attached hydrogens (primary N) is 1. The largest absolute Gasteiger partial charge is 0.348 e. The van der Waals surface area contributed by atoms with Crippen LogP contribution in [0.5, 0.6) is 0 Å². The number of carbonyl (C=O) groups is 1. The average molecular weight is 284 g/mol. The minimum absolute atomic E-state index is 0.0295. The van der Waals surface area contributed by atoms with E-state index >= 15 is 0 Å². The molecule has 3 N–H and O–H groups in total. The Balaban J connectivity index is 2.19. The summed E-state index contributed by atoms with van der Waals surface area (Å²) in [5, 5.41) is 3.15. The molecule has 0 unspecified atom stereocenters. The topological polar surface area (TPSA) is 55.1 Å². The third-order valence-electron chi connectivity index (χ3n) is 4.97. The molecule has 0 aliphatic heterocycles. The number of nitrogens with one attached hydrogen (secondary N) is 1. The second-order valence-corrected chi connectivity index (χ2v) is 6.94. The summed E-state index contributed by atoms with van der Waals surface area (Å²) in [5.41, 5.74) is 8.18. The fraction of sp³-hybridized carbons (Fsp3) is 0.500. The van der Waals surface area contributed by atoms with E-state index < -0.39 is 0 Å². The summed E-state index contributed by atoms with van der Waals surface area (Å²) in [7, 11) is 0. The van der Waals surface area contributed by atoms with E-state index in [1.165, 1.54) is 0 Å². The van der Waals surface area contributed by atoms with Gasteiger partial charge in [0, 0.05) is 17.2 Å². The Morgan fingerprint density at radius 2 is 1.86 bits per heavy atom. The monoisotopic (exact) mass is 284 g/mol. The molecule has 3 heteroatoms. The predicted molar refractivity (Wildman–Crippen MR) is 85.9 cm³/mol. The summed E-state index contributed by atoms with van der Waals surface area (Å²) in [5.74, 6) is 5.78. The van der Waals surface area contributed by atoms with E-state index in [0.717, 1.165) is 11.1 Å². The Morgan fingerprint density at radius 3 is 2.38 bits per heavy atom. The van der Waals surface area contributed by atoms with Crippen molar-refractivity contribution in [1.29, 1.82) is 0 Å². The van der Waals surface area contributed by atoms with E-state index in [0.29, 0.717) is 12.1 Å². The van der Waals surface area contributed by atoms with Gasteiger partial charge in [-0.05, 0) is 41.5 Å². The summed E-state index contributed by atoms with van der Waals surface area (Å²) in [6.45, 7) is 11.0. The molecule has 1 aliphatic carbocycles. The standard InChI is InChI=1S/C18H24N2O/c1-12-9-13(7-6-8-19)11-14(10-12)15(21)20-16-17(2,3)18(16,4)5/h9-11,16H,8,19H2,1-5H3,(H,20,21). The number of rotatable bonds is 2. The van der Waals surface area contributed by atoms with Crippen LogP contribution in [0.2, 0.25) is 0 Å². The minimum Gasteiger partial charge on any atom is -0.348 e. The molecule has 1 fully saturated rings. The molecule has 112 valence electrons. The maximum Gasteiger partial charge on any atom is 0.251 e. The van der Waals surface area contributed by atoms with E-state index in [9.17, 15) is 4.79 Å². The van der Waals surface area contributed by atoms with E-state index in [-0.39, 0.29) is 22.8 Å². The molecule has 0 atom stereocenters. The predicted octanol–water partition coefficient (Wildman–Crippen LogP) is 2.47. The van der Waals surface area contributed by atoms with Crippen LogP contribution in [0, 0.1) is 29.6 Å². The first kappa shape index (κ1) is 15.6. The van der Waals surface area contributed by atoms with Crippen LogP contribution >= 0.6 is 0 Å². The summed E-state index contributed by atoms with van der Waals surface area (Å²) in [4.78, 5) is 12.5. The molecule has 0 heterocycles. The number of benzene rings is 1. The van der Waals surface area contributed by atoms with Gasteiger partial charge < -0.3 is 11.1 Å². The molecule has 2 rings (SSSR count). The molecule has 1 aromatic rings. The number of hydrogen-bond acceptors (Lipinski definition) is 2. The lowest BCUT2D eigenvalue weighted by atomic mass is 10.0. The zero-order valence-corrected chi connectivity index (χ0v) is 13.5. The summed E-state index contributed by atoms with van der Waals surface area (Å²) >= 11 is 0. The SMILES string of the molecule is Cc1cc(C#CCN)cc(C(=O)NC2C(C)(C)C2(C)C)c1. The Kier molecular flexibility index (Phi) is 3.86. The highest BCUT2D eigenvalue weighted by Crippen LogP contribution is 2.62. The second kappa shape index (κ2) is 5.20. The zero-order valence-electron chi connectivity index (χ0n) is 13.5. The van der Waals surface area contributed by atoms with Crippen LogP contribution in [0.15, 0.2) is 18.2 Å². The number of amides is 1. The summed E-state index contributed by atoms with van der Waals surface area (Å²) < 4.78 is 0. The van der Waals surface area contributed by atoms with Gasteiger partial charge in [0.1, 0.15) is 0 Å². The first-order valence-electron chi connectivity index (χ1n) is 7.31. The van der Waals surface area contributed by atoms with Crippen LogP contribution in [0.25, 0.3) is 0 Å². The highest BCUT2D eigenvalue weighted by atomic mass is 16.1. The van der Waals surface area contributed by atoms with Crippen molar-refractivity contribution < 1.29 is 4.79 Å². The second-order valence-electron chi connectivity index (χ2n) is 6.94. The Hall–Kier alpha value is -1.79. The van der Waals surface area contributed by atoms with Crippen molar-refractivity contribution in [2.45, 2.75) is 40.7 Å². The van der Waals surface area contributed by atoms with Crippen LogP contribution in [-0.2, 0) is 0 Å². The van der Waals surface area contributed by atoms with Crippen LogP contribution in [0.4, 0.5) is 0 Å². The van der Waals surface area contributed by atoms with Gasteiger partial charge in [-0.3, -0.25) is 4.79 Å². The Morgan fingerprint density at radius 1 is 1.24 bits per heavy atom. The van der Waals surface area contributed by atoms with Crippen LogP contribution < -0.4 is 11.1 Å². The molecule has 3 nitrogen and oxygen atoms in total. The van der Waals surface area contributed by atoms with Gasteiger partial charge >= 0.3 is 0 Å². The number of carbonyl (C=O) groups excluding carboxylic acids is 1. The van der Waals surface area contributed by atoms with Crippen molar-refractivity contribution in [3.8, 4) is 11.8 Å². The first-order chi connectivity index (χ1) is 9.70. The van der Waals surface area contributed by atoms with Gasteiger partial charge in [-0.2, -0.15) is 0 Å². The normalized spacial score (nSPS) is 18.6. The maximum atomic E-state index is 12.5. The smallest absolute Gasteiger partial charge is 0.251 e. The van der Waals surface area contributed by atoms with Gasteiger partial charge in [0.25, 0.3) is 5.91 Å². The minimum atomic E-state index is -0.0295. The lowest BCUT2D eigenvalue weighted by molar-refractivity contribution is 0.0943. The highest BCUT2D eigenvalue weighted by molar-refractivity contribution is 5.95. The first-order valence-corrected chi connectivity index (χ1v) is 7.31. The van der Waals surface area contributed by atoms with Crippen molar-refractivity contribution in [1.82, 2.24) is 5.32 Å². The van der Waals surface area contributed by atoms with E-state index in [4.69, 9.17) is 5.73 Å². The third kappa shape index (κ3) is 2.82. The van der Waals surface area contributed by atoms with Crippen molar-refractivity contribution in [2.75, 3.05) is 6.54 Å². The van der Waals surface area contributed by atoms with Gasteiger partial charge in [0.15, 0.2) is 0 Å². The molecular weight excluding hydrogens is 260 g/mol. The fourth-order valence-corrected chi connectivity index (χ4v) is 2.91. The highest BCUT2D eigenvalue weighted by Gasteiger charge is 2.65. The van der Waals surface area contributed by atoms with Gasteiger partial charge in [0.05, 0.1) is 6.54 Å². The Bertz CT molecular complexity index is 618. The molecule has 0 radical (unpaired) electrons. The lowest BCUT2D eigenvalue weighted by Gasteiger charge is -2.08. The molecule has 0 spiro atoms. The van der Waals surface area contributed by atoms with Crippen LogP contribution in [0.1, 0.15) is 49.2 Å². The Labute approximate surface area is 127 Å². The fourth-order valence-electron chi connectivity index (χ4n) is 2.91. The van der Waals surface area contributed by atoms with Crippen molar-refractivity contribution in [3.05, 3.63) is 34.9 Å².